The molecule has 0 spiro atoms. The number of carbonyl (C=O) groups excluding carboxylic acids is 2. The number of nitrogens with one attached hydrogen (secondary N) is 1. The van der Waals surface area contributed by atoms with Crippen molar-refractivity contribution in [3.8, 4) is 11.5 Å². The largest absolute Gasteiger partial charge is 0.337 e. The van der Waals surface area contributed by atoms with Gasteiger partial charge in [-0.1, -0.05) is 17.3 Å². The van der Waals surface area contributed by atoms with Crippen molar-refractivity contribution < 1.29 is 14.1 Å². The number of benzene rings is 1. The maximum absolute atomic E-state index is 13.2. The Kier molecular flexibility index (Phi) is 6.31. The number of nitrogens with zero attached hydrogens (tertiary/aromatic N) is 4. The molecule has 4 rings (SSSR count). The van der Waals surface area contributed by atoms with Crippen molar-refractivity contribution in [2.75, 3.05) is 32.7 Å². The van der Waals surface area contributed by atoms with Crippen LogP contribution in [0.4, 0.5) is 0 Å². The molecule has 1 atom stereocenters. The van der Waals surface area contributed by atoms with Crippen LogP contribution in [0, 0.1) is 6.92 Å². The Morgan fingerprint density at radius 3 is 2.86 bits per heavy atom. The number of piperidine rings is 1. The van der Waals surface area contributed by atoms with Crippen LogP contribution in [0.15, 0.2) is 28.8 Å². The zero-order valence-corrected chi connectivity index (χ0v) is 16.6. The van der Waals surface area contributed by atoms with Crippen LogP contribution in [0.5, 0.6) is 0 Å². The molecule has 2 saturated heterocycles. The quantitative estimate of drug-likeness (QED) is 0.832. The Morgan fingerprint density at radius 1 is 1.29 bits per heavy atom. The molecular formula is C19H24ClN5O3. The fraction of sp³-hybridized carbons (Fsp3) is 0.474. The highest BCUT2D eigenvalue weighted by atomic mass is 35.5. The minimum atomic E-state index is -0.0614. The predicted molar refractivity (Wildman–Crippen MR) is 105 cm³/mol. The molecule has 0 radical (unpaired) electrons. The number of aromatic nitrogens is 2. The second-order valence-electron chi connectivity index (χ2n) is 7.00. The summed E-state index contributed by atoms with van der Waals surface area (Å²) >= 11 is 0. The molecule has 3 heterocycles. The van der Waals surface area contributed by atoms with E-state index < -0.39 is 0 Å². The molecule has 2 aliphatic heterocycles. The fourth-order valence-electron chi connectivity index (χ4n) is 3.83. The van der Waals surface area contributed by atoms with Crippen molar-refractivity contribution in [3.05, 3.63) is 35.7 Å². The first-order chi connectivity index (χ1) is 13.1. The molecule has 1 aromatic carbocycles. The second-order valence-corrected chi connectivity index (χ2v) is 7.00. The lowest BCUT2D eigenvalue weighted by Crippen LogP contribution is -2.57. The van der Waals surface area contributed by atoms with E-state index in [1.807, 2.05) is 28.0 Å². The summed E-state index contributed by atoms with van der Waals surface area (Å²) in [4.78, 5) is 33.5. The molecule has 150 valence electrons. The Labute approximate surface area is 169 Å². The average Bonchev–Trinajstić information content (AvgIpc) is 3.14. The standard InChI is InChI=1S/C19H23N5O3.ClH/c1-13-21-18(27-22-13)15-6-2-3-7-16(15)19(26)23-9-4-5-14(12-23)24-10-8-20-11-17(24)25;/h2-3,6-7,14,20H,4-5,8-12H2,1H3;1H. The van der Waals surface area contributed by atoms with E-state index in [-0.39, 0.29) is 30.3 Å². The third kappa shape index (κ3) is 4.02. The van der Waals surface area contributed by atoms with Crippen molar-refractivity contribution in [1.82, 2.24) is 25.3 Å². The van der Waals surface area contributed by atoms with Gasteiger partial charge >= 0.3 is 0 Å². The van der Waals surface area contributed by atoms with E-state index >= 15 is 0 Å². The van der Waals surface area contributed by atoms with Crippen LogP contribution in [0.2, 0.25) is 0 Å². The maximum atomic E-state index is 13.2. The molecule has 1 unspecified atom stereocenters. The van der Waals surface area contributed by atoms with E-state index in [0.29, 0.717) is 49.0 Å². The zero-order chi connectivity index (χ0) is 18.8. The second kappa shape index (κ2) is 8.70. The van der Waals surface area contributed by atoms with Crippen molar-refractivity contribution in [2.45, 2.75) is 25.8 Å². The highest BCUT2D eigenvalue weighted by molar-refractivity contribution is 6.00. The molecule has 28 heavy (non-hydrogen) atoms. The number of amides is 2. The number of hydrogen-bond donors (Lipinski definition) is 1. The van der Waals surface area contributed by atoms with Crippen LogP contribution >= 0.6 is 12.4 Å². The normalized spacial score (nSPS) is 20.0. The van der Waals surface area contributed by atoms with Gasteiger partial charge < -0.3 is 19.6 Å². The topological polar surface area (TPSA) is 91.6 Å². The SMILES string of the molecule is Cc1noc(-c2ccccc2C(=O)N2CCCC(N3CCNCC3=O)C2)n1.Cl. The van der Waals surface area contributed by atoms with Gasteiger partial charge in [0.1, 0.15) is 0 Å². The lowest BCUT2D eigenvalue weighted by molar-refractivity contribution is -0.135. The molecule has 1 aromatic heterocycles. The van der Waals surface area contributed by atoms with Crippen LogP contribution in [-0.4, -0.2) is 70.5 Å². The van der Waals surface area contributed by atoms with Gasteiger partial charge in [0.15, 0.2) is 5.82 Å². The molecule has 2 aromatic rings. The van der Waals surface area contributed by atoms with Crippen LogP contribution in [0.25, 0.3) is 11.5 Å². The van der Waals surface area contributed by atoms with E-state index in [1.54, 1.807) is 13.0 Å². The third-order valence-electron chi connectivity index (χ3n) is 5.17. The zero-order valence-electron chi connectivity index (χ0n) is 15.8. The van der Waals surface area contributed by atoms with Gasteiger partial charge in [0.2, 0.25) is 5.91 Å². The molecule has 0 saturated carbocycles. The third-order valence-corrected chi connectivity index (χ3v) is 5.17. The summed E-state index contributed by atoms with van der Waals surface area (Å²) in [6, 6.07) is 7.37. The van der Waals surface area contributed by atoms with Gasteiger partial charge in [0.05, 0.1) is 17.7 Å². The Morgan fingerprint density at radius 2 is 2.11 bits per heavy atom. The predicted octanol–water partition coefficient (Wildman–Crippen LogP) is 1.50. The van der Waals surface area contributed by atoms with Gasteiger partial charge in [-0.3, -0.25) is 9.59 Å². The van der Waals surface area contributed by atoms with E-state index in [2.05, 4.69) is 15.5 Å². The molecule has 2 amide bonds. The van der Waals surface area contributed by atoms with Crippen LogP contribution in [0.3, 0.4) is 0 Å². The molecule has 0 aliphatic carbocycles. The first-order valence-electron chi connectivity index (χ1n) is 9.32. The van der Waals surface area contributed by atoms with Gasteiger partial charge in [-0.25, -0.2) is 0 Å². The van der Waals surface area contributed by atoms with Gasteiger partial charge in [-0.2, -0.15) is 4.98 Å². The molecule has 8 nitrogen and oxygen atoms in total. The first-order valence-corrected chi connectivity index (χ1v) is 9.32. The molecule has 2 fully saturated rings. The van der Waals surface area contributed by atoms with Crippen LogP contribution in [0.1, 0.15) is 29.0 Å². The fourth-order valence-corrected chi connectivity index (χ4v) is 3.83. The monoisotopic (exact) mass is 405 g/mol. The summed E-state index contributed by atoms with van der Waals surface area (Å²) in [5.41, 5.74) is 1.19. The van der Waals surface area contributed by atoms with Crippen molar-refractivity contribution >= 4 is 24.2 Å². The number of piperazine rings is 1. The van der Waals surface area contributed by atoms with Gasteiger partial charge in [0, 0.05) is 32.2 Å². The number of aryl methyl sites for hydroxylation is 1. The number of halogens is 1. The lowest BCUT2D eigenvalue weighted by atomic mass is 10.0. The molecule has 1 N–H and O–H groups in total. The molecular weight excluding hydrogens is 382 g/mol. The van der Waals surface area contributed by atoms with Gasteiger partial charge in [-0.15, -0.1) is 12.4 Å². The average molecular weight is 406 g/mol. The number of rotatable bonds is 3. The van der Waals surface area contributed by atoms with Crippen molar-refractivity contribution in [3.63, 3.8) is 0 Å². The van der Waals surface area contributed by atoms with E-state index in [4.69, 9.17) is 4.52 Å². The highest BCUT2D eigenvalue weighted by Crippen LogP contribution is 2.25. The number of hydrogen-bond acceptors (Lipinski definition) is 6. The molecule has 2 aliphatic rings. The van der Waals surface area contributed by atoms with Crippen molar-refractivity contribution in [1.29, 1.82) is 0 Å². The summed E-state index contributed by atoms with van der Waals surface area (Å²) in [5, 5.41) is 6.92. The van der Waals surface area contributed by atoms with Gasteiger partial charge in [0.25, 0.3) is 11.8 Å². The summed E-state index contributed by atoms with van der Waals surface area (Å²) in [6.45, 7) is 4.87. The Hall–Kier alpha value is -2.45. The highest BCUT2D eigenvalue weighted by Gasteiger charge is 2.32. The van der Waals surface area contributed by atoms with E-state index in [0.717, 1.165) is 19.4 Å². The summed E-state index contributed by atoms with van der Waals surface area (Å²) in [5.74, 6) is 0.931. The van der Waals surface area contributed by atoms with Crippen LogP contribution < -0.4 is 5.32 Å². The van der Waals surface area contributed by atoms with Gasteiger partial charge in [-0.05, 0) is 31.9 Å². The summed E-state index contributed by atoms with van der Waals surface area (Å²) in [7, 11) is 0. The van der Waals surface area contributed by atoms with E-state index in [1.165, 1.54) is 0 Å². The number of carbonyl (C=O) groups is 2. The molecule has 0 bridgehead atoms. The minimum Gasteiger partial charge on any atom is -0.337 e. The smallest absolute Gasteiger partial charge is 0.258 e. The minimum absolute atomic E-state index is 0. The maximum Gasteiger partial charge on any atom is 0.258 e. The lowest BCUT2D eigenvalue weighted by Gasteiger charge is -2.41. The summed E-state index contributed by atoms with van der Waals surface area (Å²) < 4.78 is 5.27. The van der Waals surface area contributed by atoms with Crippen LogP contribution in [-0.2, 0) is 4.79 Å². The molecule has 9 heteroatoms. The Bertz CT molecular complexity index is 856. The first kappa shape index (κ1) is 20.3. The van der Waals surface area contributed by atoms with E-state index in [9.17, 15) is 9.59 Å². The van der Waals surface area contributed by atoms with Crippen molar-refractivity contribution in [2.24, 2.45) is 0 Å². The summed E-state index contributed by atoms with van der Waals surface area (Å²) in [6.07, 6.45) is 1.81. The number of likely N-dealkylation sites (tertiary alicyclic amines) is 1. The Balaban J connectivity index is 0.00000225.